The van der Waals surface area contributed by atoms with Crippen molar-refractivity contribution in [2.75, 3.05) is 5.75 Å². The van der Waals surface area contributed by atoms with E-state index < -0.39 is 16.4 Å². The number of benzene rings is 1. The Morgan fingerprint density at radius 2 is 1.52 bits per heavy atom. The Balaban J connectivity index is 0.00000676. The predicted octanol–water partition coefficient (Wildman–Crippen LogP) is 4.66. The summed E-state index contributed by atoms with van der Waals surface area (Å²) in [4.78, 5) is 4.80. The minimum atomic E-state index is -3.64. The molecule has 0 saturated heterocycles. The molecule has 0 aliphatic rings. The topological polar surface area (TPSA) is 61.8 Å². The number of unbranched alkanes of at least 4 members (excludes halogenated alkanes) is 5. The van der Waals surface area contributed by atoms with Gasteiger partial charge in [-0.2, -0.15) is 13.3 Å². The second kappa shape index (κ2) is 15.0. The van der Waals surface area contributed by atoms with Gasteiger partial charge in [0.2, 0.25) is 0 Å². The molecule has 152 valence electrons. The van der Waals surface area contributed by atoms with Crippen molar-refractivity contribution in [2.45, 2.75) is 85.0 Å². The summed E-state index contributed by atoms with van der Waals surface area (Å²) in [5.74, 6) is -0.144. The molecule has 1 aromatic carbocycles. The normalized spacial score (nSPS) is 13.8. The average Bonchev–Trinajstić information content (AvgIpc) is 2.63. The third-order valence-corrected chi connectivity index (χ3v) is 5.29. The molecular formula is C20H35NaO5S. The van der Waals surface area contributed by atoms with Gasteiger partial charge in [0.05, 0.1) is 11.9 Å². The Morgan fingerprint density at radius 1 is 0.926 bits per heavy atom. The molecule has 7 heteroatoms. The molecule has 0 bridgehead atoms. The van der Waals surface area contributed by atoms with E-state index in [-0.39, 0.29) is 41.4 Å². The quantitative estimate of drug-likeness (QED) is 0.147. The molecule has 1 aromatic rings. The zero-order valence-corrected chi connectivity index (χ0v) is 17.4. The van der Waals surface area contributed by atoms with Gasteiger partial charge in [0.15, 0.2) is 6.29 Å². The van der Waals surface area contributed by atoms with Gasteiger partial charge >= 0.3 is 29.6 Å². The van der Waals surface area contributed by atoms with Crippen molar-refractivity contribution in [3.05, 3.63) is 35.4 Å². The molecular weight excluding hydrogens is 375 g/mol. The number of hydrogen-bond acceptors (Lipinski definition) is 5. The first kappa shape index (κ1) is 27.0. The van der Waals surface area contributed by atoms with Crippen molar-refractivity contribution in [3.8, 4) is 0 Å². The van der Waals surface area contributed by atoms with Gasteiger partial charge in [0, 0.05) is 0 Å². The first-order valence-electron chi connectivity index (χ1n) is 9.69. The zero-order chi connectivity index (χ0) is 19.4. The van der Waals surface area contributed by atoms with Crippen molar-refractivity contribution in [2.24, 2.45) is 0 Å². The number of rotatable bonds is 14. The maximum absolute atomic E-state index is 11.3. The van der Waals surface area contributed by atoms with E-state index in [1.165, 1.54) is 51.0 Å². The third-order valence-electron chi connectivity index (χ3n) is 4.30. The van der Waals surface area contributed by atoms with Crippen LogP contribution < -0.4 is 0 Å². The Morgan fingerprint density at radius 3 is 2.11 bits per heavy atom. The number of aryl methyl sites for hydroxylation is 1. The molecule has 1 rings (SSSR count). The van der Waals surface area contributed by atoms with Crippen LogP contribution in [0.5, 0.6) is 0 Å². The van der Waals surface area contributed by atoms with Crippen molar-refractivity contribution in [1.29, 1.82) is 0 Å². The fourth-order valence-electron chi connectivity index (χ4n) is 2.62. The molecule has 2 unspecified atom stereocenters. The Hall–Kier alpha value is 0.0500. The first-order chi connectivity index (χ1) is 12.4. The summed E-state index contributed by atoms with van der Waals surface area (Å²) in [5.41, 5.74) is 2.35. The molecule has 0 aliphatic heterocycles. The molecule has 0 heterocycles. The molecule has 2 atom stereocenters. The number of hydrogen-bond donors (Lipinski definition) is 0. The monoisotopic (exact) mass is 410 g/mol. The molecule has 0 spiro atoms. The maximum atomic E-state index is 11.3. The molecule has 0 fully saturated rings. The van der Waals surface area contributed by atoms with E-state index in [4.69, 9.17) is 9.62 Å². The molecule has 27 heavy (non-hydrogen) atoms. The Kier molecular flexibility index (Phi) is 15.0. The van der Waals surface area contributed by atoms with Crippen LogP contribution in [0.4, 0.5) is 0 Å². The first-order valence-corrected chi connectivity index (χ1v) is 11.3. The summed E-state index contributed by atoms with van der Waals surface area (Å²) in [5, 5.41) is 0. The molecule has 0 radical (unpaired) electrons. The fraction of sp³-hybridized carbons (Fsp3) is 0.700. The van der Waals surface area contributed by atoms with E-state index >= 15 is 0 Å². The summed E-state index contributed by atoms with van der Waals surface area (Å²) in [6.07, 6.45) is 7.90. The van der Waals surface area contributed by atoms with Crippen LogP contribution in [-0.2, 0) is 30.5 Å². The van der Waals surface area contributed by atoms with Gasteiger partial charge in [-0.3, -0.25) is 0 Å². The van der Waals surface area contributed by atoms with Crippen molar-refractivity contribution < 1.29 is 22.4 Å². The second-order valence-corrected chi connectivity index (χ2v) is 8.44. The van der Waals surface area contributed by atoms with Crippen LogP contribution >= 0.6 is 0 Å². The summed E-state index contributed by atoms with van der Waals surface area (Å²) < 4.78 is 32.6. The van der Waals surface area contributed by atoms with Crippen LogP contribution in [0, 0.1) is 0 Å². The van der Waals surface area contributed by atoms with E-state index in [1.54, 1.807) is 6.92 Å². The van der Waals surface area contributed by atoms with Crippen LogP contribution in [0.1, 0.15) is 83.5 Å². The average molecular weight is 411 g/mol. The summed E-state index contributed by atoms with van der Waals surface area (Å²) >= 11 is 0. The van der Waals surface area contributed by atoms with Crippen molar-refractivity contribution in [3.63, 3.8) is 0 Å². The predicted molar refractivity (Wildman–Crippen MR) is 111 cm³/mol. The van der Waals surface area contributed by atoms with E-state index in [0.717, 1.165) is 12.0 Å². The van der Waals surface area contributed by atoms with Gasteiger partial charge < -0.3 is 4.74 Å². The molecule has 0 amide bonds. The number of ether oxygens (including phenoxy) is 1. The SMILES string of the molecule is CCCCCCCCc1ccc(C(C)OC(C)OOS(=O)(=O)CC)cc1.[NaH]. The van der Waals surface area contributed by atoms with Gasteiger partial charge in [-0.05, 0) is 44.7 Å². The Bertz CT molecular complexity index is 589. The van der Waals surface area contributed by atoms with Gasteiger partial charge in [0.1, 0.15) is 0 Å². The van der Waals surface area contributed by atoms with E-state index in [2.05, 4.69) is 23.4 Å². The van der Waals surface area contributed by atoms with E-state index in [1.807, 2.05) is 19.1 Å². The zero-order valence-electron chi connectivity index (χ0n) is 16.6. The van der Waals surface area contributed by atoms with Gasteiger partial charge in [-0.15, -0.1) is 4.33 Å². The summed E-state index contributed by atoms with van der Waals surface area (Å²) in [7, 11) is -3.64. The second-order valence-electron chi connectivity index (χ2n) is 6.62. The van der Waals surface area contributed by atoms with Crippen molar-refractivity contribution >= 4 is 39.7 Å². The summed E-state index contributed by atoms with van der Waals surface area (Å²) in [6, 6.07) is 8.36. The molecule has 5 nitrogen and oxygen atoms in total. The van der Waals surface area contributed by atoms with Crippen LogP contribution in [-0.4, -0.2) is 50.0 Å². The van der Waals surface area contributed by atoms with Gasteiger partial charge in [-0.1, -0.05) is 63.3 Å². The Labute approximate surface area is 187 Å². The molecule has 0 aliphatic carbocycles. The molecule has 0 aromatic heterocycles. The van der Waals surface area contributed by atoms with Crippen molar-refractivity contribution in [1.82, 2.24) is 0 Å². The minimum absolute atomic E-state index is 0. The van der Waals surface area contributed by atoms with Crippen LogP contribution in [0.25, 0.3) is 0 Å². The van der Waals surface area contributed by atoms with Crippen LogP contribution in [0.15, 0.2) is 24.3 Å². The molecule has 0 N–H and O–H groups in total. The van der Waals surface area contributed by atoms with Crippen LogP contribution in [0.2, 0.25) is 0 Å². The standard InChI is InChI=1S/C20H34O5S.Na.H/c1-5-7-8-9-10-11-12-19-13-15-20(16-14-19)17(3)23-18(4)24-25-26(21,22)6-2;;/h13-18H,5-12H2,1-4H3;;. The summed E-state index contributed by atoms with van der Waals surface area (Å²) in [6.45, 7) is 7.23. The van der Waals surface area contributed by atoms with Crippen LogP contribution in [0.3, 0.4) is 0 Å². The fourth-order valence-corrected chi connectivity index (χ4v) is 2.94. The van der Waals surface area contributed by atoms with E-state index in [0.29, 0.717) is 0 Å². The molecule has 0 saturated carbocycles. The third kappa shape index (κ3) is 12.3. The van der Waals surface area contributed by atoms with E-state index in [9.17, 15) is 8.42 Å². The van der Waals surface area contributed by atoms with Gasteiger partial charge in [0.25, 0.3) is 10.1 Å². The van der Waals surface area contributed by atoms with Gasteiger partial charge in [-0.25, -0.2) is 0 Å².